The molecule has 3 aromatic rings. The number of hydrogen-bond acceptors (Lipinski definition) is 6. The van der Waals surface area contributed by atoms with Crippen LogP contribution < -0.4 is 10.2 Å². The van der Waals surface area contributed by atoms with Gasteiger partial charge >= 0.3 is 0 Å². The van der Waals surface area contributed by atoms with Crippen molar-refractivity contribution in [3.8, 4) is 0 Å². The summed E-state index contributed by atoms with van der Waals surface area (Å²) < 4.78 is 0.664. The molecule has 0 aliphatic heterocycles. The van der Waals surface area contributed by atoms with Gasteiger partial charge in [0.25, 0.3) is 0 Å². The number of aryl methyl sites for hydroxylation is 1. The fourth-order valence-electron chi connectivity index (χ4n) is 3.16. The summed E-state index contributed by atoms with van der Waals surface area (Å²) in [7, 11) is 0. The van der Waals surface area contributed by atoms with Crippen LogP contribution in [-0.4, -0.2) is 28.1 Å². The van der Waals surface area contributed by atoms with Crippen molar-refractivity contribution < 1.29 is 9.59 Å². The first-order valence-corrected chi connectivity index (χ1v) is 12.0. The third kappa shape index (κ3) is 5.32. The van der Waals surface area contributed by atoms with E-state index in [2.05, 4.69) is 15.5 Å². The topological polar surface area (TPSA) is 75.2 Å². The first kappa shape index (κ1) is 21.5. The van der Waals surface area contributed by atoms with Gasteiger partial charge in [0.1, 0.15) is 5.25 Å². The molecule has 1 aliphatic carbocycles. The van der Waals surface area contributed by atoms with E-state index < -0.39 is 5.25 Å². The number of hydrogen-bond donors (Lipinski definition) is 1. The van der Waals surface area contributed by atoms with Gasteiger partial charge in [-0.2, -0.15) is 0 Å². The molecule has 0 spiro atoms. The molecule has 0 saturated heterocycles. The highest BCUT2D eigenvalue weighted by Crippen LogP contribution is 2.41. The fraction of sp³-hybridized carbons (Fsp3) is 0.304. The summed E-state index contributed by atoms with van der Waals surface area (Å²) in [6.07, 6.45) is 2.43. The van der Waals surface area contributed by atoms with E-state index in [1.165, 1.54) is 23.1 Å². The Balaban J connectivity index is 1.55. The molecular weight excluding hydrogens is 428 g/mol. The van der Waals surface area contributed by atoms with Gasteiger partial charge in [0.05, 0.1) is 0 Å². The summed E-state index contributed by atoms with van der Waals surface area (Å²) in [6.45, 7) is 3.87. The molecule has 0 bridgehead atoms. The number of anilines is 2. The Kier molecular flexibility index (Phi) is 6.67. The predicted octanol–water partition coefficient (Wildman–Crippen LogP) is 5.22. The lowest BCUT2D eigenvalue weighted by molar-refractivity contribution is -0.118. The Morgan fingerprint density at radius 1 is 1.13 bits per heavy atom. The monoisotopic (exact) mass is 452 g/mol. The molecular formula is C23H24N4O2S2. The molecule has 1 atom stereocenters. The van der Waals surface area contributed by atoms with Crippen molar-refractivity contribution in [2.45, 2.75) is 48.7 Å². The number of thioether (sulfide) groups is 1. The van der Waals surface area contributed by atoms with E-state index in [4.69, 9.17) is 0 Å². The minimum Gasteiger partial charge on any atom is -0.325 e. The predicted molar refractivity (Wildman–Crippen MR) is 126 cm³/mol. The van der Waals surface area contributed by atoms with Crippen LogP contribution in [0.25, 0.3) is 0 Å². The quantitative estimate of drug-likeness (QED) is 0.374. The molecule has 4 rings (SSSR count). The molecule has 8 heteroatoms. The average molecular weight is 453 g/mol. The molecule has 2 amide bonds. The van der Waals surface area contributed by atoms with Gasteiger partial charge in [-0.05, 0) is 37.5 Å². The van der Waals surface area contributed by atoms with Crippen molar-refractivity contribution in [2.75, 3.05) is 10.2 Å². The summed E-state index contributed by atoms with van der Waals surface area (Å²) >= 11 is 2.72. The Bertz CT molecular complexity index is 1050. The van der Waals surface area contributed by atoms with E-state index in [9.17, 15) is 9.59 Å². The number of carbonyl (C=O) groups is 2. The summed E-state index contributed by atoms with van der Waals surface area (Å²) in [5.41, 5.74) is 2.77. The molecule has 1 saturated carbocycles. The van der Waals surface area contributed by atoms with Crippen LogP contribution in [0.5, 0.6) is 0 Å². The first-order valence-electron chi connectivity index (χ1n) is 10.3. The number of rotatable bonds is 8. The highest BCUT2D eigenvalue weighted by molar-refractivity contribution is 8.02. The molecule has 0 unspecified atom stereocenters. The number of benzene rings is 2. The maximum Gasteiger partial charge on any atom is 0.242 e. The molecule has 1 fully saturated rings. The Morgan fingerprint density at radius 2 is 1.84 bits per heavy atom. The number of amides is 2. The minimum absolute atomic E-state index is 0.0620. The van der Waals surface area contributed by atoms with Gasteiger partial charge in [-0.1, -0.05) is 78.1 Å². The highest BCUT2D eigenvalue weighted by Gasteiger charge is 2.35. The zero-order valence-corrected chi connectivity index (χ0v) is 19.1. The smallest absolute Gasteiger partial charge is 0.242 e. The number of nitrogens with one attached hydrogen (secondary N) is 1. The minimum atomic E-state index is -0.487. The lowest BCUT2D eigenvalue weighted by Crippen LogP contribution is -2.32. The van der Waals surface area contributed by atoms with Crippen LogP contribution in [0.1, 0.15) is 42.6 Å². The maximum absolute atomic E-state index is 13.2. The van der Waals surface area contributed by atoms with Crippen molar-refractivity contribution in [3.05, 3.63) is 65.7 Å². The van der Waals surface area contributed by atoms with Gasteiger partial charge in [-0.25, -0.2) is 0 Å². The van der Waals surface area contributed by atoms with E-state index in [-0.39, 0.29) is 17.9 Å². The number of aromatic nitrogens is 2. The van der Waals surface area contributed by atoms with Crippen molar-refractivity contribution in [1.82, 2.24) is 10.2 Å². The van der Waals surface area contributed by atoms with Gasteiger partial charge in [0, 0.05) is 18.2 Å². The van der Waals surface area contributed by atoms with Gasteiger partial charge in [0.2, 0.25) is 16.9 Å². The maximum atomic E-state index is 13.2. The zero-order chi connectivity index (χ0) is 21.8. The standard InChI is InChI=1S/C23H24N4O2S2/c1-3-19(28)27(18-13-14-18)22-25-26-23(31-22)30-20(16-7-5-4-6-8-16)21(29)24-17-11-9-15(2)10-12-17/h4-12,18,20H,3,13-14H2,1-2H3,(H,24,29)/t20-/m1/s1. The fourth-order valence-corrected chi connectivity index (χ4v) is 5.29. The van der Waals surface area contributed by atoms with Gasteiger partial charge in [0.15, 0.2) is 4.34 Å². The van der Waals surface area contributed by atoms with E-state index in [1.807, 2.05) is 68.4 Å². The summed E-state index contributed by atoms with van der Waals surface area (Å²) in [6, 6.07) is 17.6. The van der Waals surface area contributed by atoms with E-state index in [0.717, 1.165) is 29.7 Å². The van der Waals surface area contributed by atoms with Crippen molar-refractivity contribution >= 4 is 45.7 Å². The summed E-state index contributed by atoms with van der Waals surface area (Å²) in [4.78, 5) is 27.3. The molecule has 2 aromatic carbocycles. The SMILES string of the molecule is CCC(=O)N(c1nnc(S[C@@H](C(=O)Nc2ccc(C)cc2)c2ccccc2)s1)C1CC1. The Labute approximate surface area is 190 Å². The second-order valence-corrected chi connectivity index (χ2v) is 9.77. The van der Waals surface area contributed by atoms with Crippen molar-refractivity contribution in [1.29, 1.82) is 0 Å². The third-order valence-electron chi connectivity index (χ3n) is 4.96. The molecule has 1 aliphatic rings. The van der Waals surface area contributed by atoms with Crippen LogP contribution in [0.2, 0.25) is 0 Å². The largest absolute Gasteiger partial charge is 0.325 e. The molecule has 0 radical (unpaired) electrons. The Hall–Kier alpha value is -2.71. The normalized spacial score (nSPS) is 14.1. The van der Waals surface area contributed by atoms with Crippen LogP contribution in [0.15, 0.2) is 58.9 Å². The molecule has 160 valence electrons. The van der Waals surface area contributed by atoms with E-state index in [0.29, 0.717) is 15.9 Å². The summed E-state index contributed by atoms with van der Waals surface area (Å²) in [5.74, 6) is -0.0626. The van der Waals surface area contributed by atoms with Crippen LogP contribution in [0.4, 0.5) is 10.8 Å². The van der Waals surface area contributed by atoms with Crippen LogP contribution in [-0.2, 0) is 9.59 Å². The molecule has 6 nitrogen and oxygen atoms in total. The van der Waals surface area contributed by atoms with Crippen LogP contribution >= 0.6 is 23.1 Å². The molecule has 1 N–H and O–H groups in total. The summed E-state index contributed by atoms with van der Waals surface area (Å²) in [5, 5.41) is 11.7. The molecule has 1 aromatic heterocycles. The zero-order valence-electron chi connectivity index (χ0n) is 17.4. The number of carbonyl (C=O) groups excluding carboxylic acids is 2. The third-order valence-corrected chi connectivity index (χ3v) is 7.22. The van der Waals surface area contributed by atoms with Crippen LogP contribution in [0, 0.1) is 6.92 Å². The second kappa shape index (κ2) is 9.62. The average Bonchev–Trinajstić information content (AvgIpc) is 3.51. The van der Waals surface area contributed by atoms with Gasteiger partial charge < -0.3 is 5.32 Å². The van der Waals surface area contributed by atoms with Crippen LogP contribution in [0.3, 0.4) is 0 Å². The van der Waals surface area contributed by atoms with Gasteiger partial charge in [-0.3, -0.25) is 14.5 Å². The molecule has 1 heterocycles. The molecule has 31 heavy (non-hydrogen) atoms. The lowest BCUT2D eigenvalue weighted by Gasteiger charge is -2.17. The van der Waals surface area contributed by atoms with Crippen molar-refractivity contribution in [2.24, 2.45) is 0 Å². The van der Waals surface area contributed by atoms with Gasteiger partial charge in [-0.15, -0.1) is 10.2 Å². The van der Waals surface area contributed by atoms with E-state index >= 15 is 0 Å². The lowest BCUT2D eigenvalue weighted by atomic mass is 10.1. The van der Waals surface area contributed by atoms with E-state index in [1.54, 1.807) is 4.90 Å². The highest BCUT2D eigenvalue weighted by atomic mass is 32.2. The van der Waals surface area contributed by atoms with Crippen molar-refractivity contribution in [3.63, 3.8) is 0 Å². The first-order chi connectivity index (χ1) is 15.0. The number of nitrogens with zero attached hydrogens (tertiary/aromatic N) is 3. The Morgan fingerprint density at radius 3 is 2.48 bits per heavy atom. The second-order valence-electron chi connectivity index (χ2n) is 7.46.